The van der Waals surface area contributed by atoms with Gasteiger partial charge in [0.1, 0.15) is 5.82 Å². The number of carbonyl (C=O) groups is 2. The van der Waals surface area contributed by atoms with Gasteiger partial charge in [-0.2, -0.15) is 0 Å². The van der Waals surface area contributed by atoms with Crippen LogP contribution in [-0.2, 0) is 9.59 Å². The first kappa shape index (κ1) is 18.5. The molecule has 2 aliphatic rings. The highest BCUT2D eigenvalue weighted by molar-refractivity contribution is 8.29. The Kier molecular flexibility index (Phi) is 5.06. The molecule has 0 saturated carbocycles. The quantitative estimate of drug-likeness (QED) is 0.805. The summed E-state index contributed by atoms with van der Waals surface area (Å²) >= 11 is 2.43. The highest BCUT2D eigenvalue weighted by atomic mass is 32.2. The van der Waals surface area contributed by atoms with Gasteiger partial charge in [-0.25, -0.2) is 0 Å². The molecule has 1 saturated heterocycles. The van der Waals surface area contributed by atoms with Gasteiger partial charge in [0.15, 0.2) is 0 Å². The monoisotopic (exact) mass is 410 g/mol. The molecule has 0 bridgehead atoms. The minimum atomic E-state index is -0.641. The molecule has 1 fully saturated rings. The predicted octanol–water partition coefficient (Wildman–Crippen LogP) is 2.80. The van der Waals surface area contributed by atoms with E-state index in [1.165, 1.54) is 23.5 Å². The highest BCUT2D eigenvalue weighted by Gasteiger charge is 2.37. The first-order valence-corrected chi connectivity index (χ1v) is 10.3. The van der Waals surface area contributed by atoms with Crippen molar-refractivity contribution in [2.45, 2.75) is 0 Å². The van der Waals surface area contributed by atoms with Gasteiger partial charge in [-0.3, -0.25) is 9.59 Å². The number of primary amides is 2. The molecule has 0 unspecified atom stereocenters. The minimum absolute atomic E-state index is 0.202. The number of thioether (sulfide) groups is 2. The molecule has 2 heterocycles. The molecule has 4 N–H and O–H groups in total. The van der Waals surface area contributed by atoms with Crippen LogP contribution in [0, 0.1) is 0 Å². The summed E-state index contributed by atoms with van der Waals surface area (Å²) < 4.78 is 0.813. The van der Waals surface area contributed by atoms with Crippen LogP contribution in [0.4, 0.5) is 11.4 Å². The second kappa shape index (κ2) is 7.65. The minimum Gasteiger partial charge on any atom is -0.365 e. The summed E-state index contributed by atoms with van der Waals surface area (Å²) in [6.07, 6.45) is 0. The van der Waals surface area contributed by atoms with Crippen LogP contribution in [0.15, 0.2) is 80.5 Å². The van der Waals surface area contributed by atoms with Gasteiger partial charge in [0, 0.05) is 24.5 Å². The summed E-state index contributed by atoms with van der Waals surface area (Å²) in [6.45, 7) is 1.55. The van der Waals surface area contributed by atoms with Crippen LogP contribution < -0.4 is 21.3 Å². The van der Waals surface area contributed by atoms with Gasteiger partial charge in [-0.15, -0.1) is 0 Å². The summed E-state index contributed by atoms with van der Waals surface area (Å²) in [4.78, 5) is 28.5. The van der Waals surface area contributed by atoms with Gasteiger partial charge < -0.3 is 21.3 Å². The van der Waals surface area contributed by atoms with Crippen molar-refractivity contribution in [2.75, 3.05) is 22.9 Å². The molecular formula is C20H18N4O2S2. The lowest BCUT2D eigenvalue weighted by atomic mass is 10.3. The van der Waals surface area contributed by atoms with Crippen molar-refractivity contribution in [1.29, 1.82) is 0 Å². The van der Waals surface area contributed by atoms with Crippen molar-refractivity contribution < 1.29 is 9.59 Å². The molecule has 0 radical (unpaired) electrons. The number of nitrogens with two attached hydrogens (primary N) is 2. The molecule has 4 rings (SSSR count). The average Bonchev–Trinajstić information content (AvgIpc) is 3.34. The molecule has 2 aromatic carbocycles. The molecule has 8 heteroatoms. The van der Waals surface area contributed by atoms with E-state index >= 15 is 0 Å². The lowest BCUT2D eigenvalue weighted by molar-refractivity contribution is -0.116. The number of nitrogens with zero attached hydrogens (tertiary/aromatic N) is 2. The highest BCUT2D eigenvalue weighted by Crippen LogP contribution is 2.52. The third-order valence-corrected chi connectivity index (χ3v) is 7.00. The Balaban J connectivity index is 1.82. The van der Waals surface area contributed by atoms with Crippen molar-refractivity contribution >= 4 is 46.7 Å². The Labute approximate surface area is 171 Å². The largest absolute Gasteiger partial charge is 0.365 e. The fraction of sp³-hybridized carbons (Fsp3) is 0.100. The molecule has 0 atom stereocenters. The number of rotatable bonds is 4. The fourth-order valence-corrected chi connectivity index (χ4v) is 5.71. The van der Waals surface area contributed by atoms with Crippen LogP contribution in [-0.4, -0.2) is 24.9 Å². The Morgan fingerprint density at radius 2 is 1.11 bits per heavy atom. The molecule has 142 valence electrons. The van der Waals surface area contributed by atoms with E-state index in [1.807, 2.05) is 60.7 Å². The first-order chi connectivity index (χ1) is 13.6. The summed E-state index contributed by atoms with van der Waals surface area (Å²) in [5, 5.41) is 0. The lowest BCUT2D eigenvalue weighted by Crippen LogP contribution is -2.23. The van der Waals surface area contributed by atoms with E-state index in [2.05, 4.69) is 9.80 Å². The number of para-hydroxylation sites is 2. The van der Waals surface area contributed by atoms with Gasteiger partial charge in [0.25, 0.3) is 11.8 Å². The van der Waals surface area contributed by atoms with E-state index in [4.69, 9.17) is 11.5 Å². The third kappa shape index (κ3) is 3.36. The van der Waals surface area contributed by atoms with E-state index < -0.39 is 11.8 Å². The van der Waals surface area contributed by atoms with Crippen molar-refractivity contribution in [3.8, 4) is 0 Å². The maximum Gasteiger partial charge on any atom is 0.256 e. The smallest absolute Gasteiger partial charge is 0.256 e. The second-order valence-electron chi connectivity index (χ2n) is 6.18. The van der Waals surface area contributed by atoms with Crippen molar-refractivity contribution in [2.24, 2.45) is 11.5 Å². The Bertz CT molecular complexity index is 912. The van der Waals surface area contributed by atoms with Gasteiger partial charge in [-0.1, -0.05) is 59.9 Å². The molecule has 0 aromatic heterocycles. The maximum absolute atomic E-state index is 11.9. The van der Waals surface area contributed by atoms with Gasteiger partial charge >= 0.3 is 0 Å². The number of carbonyl (C=O) groups excluding carboxylic acids is 2. The molecule has 2 amide bonds. The SMILES string of the molecule is NC(=O)C1=C(C(N)=O)SC(=C2N(c3ccccc3)CCN2c2ccccc2)S1. The fourth-order valence-electron chi connectivity index (χ4n) is 3.21. The molecule has 2 aromatic rings. The predicted molar refractivity (Wildman–Crippen MR) is 115 cm³/mol. The van der Waals surface area contributed by atoms with Crippen LogP contribution in [0.5, 0.6) is 0 Å². The van der Waals surface area contributed by atoms with Crippen LogP contribution in [0.2, 0.25) is 0 Å². The molecule has 0 spiro atoms. The Hall–Kier alpha value is -2.84. The summed E-state index contributed by atoms with van der Waals surface area (Å²) in [5.74, 6) is -0.364. The van der Waals surface area contributed by atoms with Crippen molar-refractivity contribution in [3.05, 3.63) is 80.5 Å². The Morgan fingerprint density at radius 1 is 0.714 bits per heavy atom. The van der Waals surface area contributed by atoms with Crippen molar-refractivity contribution in [3.63, 3.8) is 0 Å². The number of anilines is 2. The van der Waals surface area contributed by atoms with E-state index in [0.717, 1.165) is 34.5 Å². The van der Waals surface area contributed by atoms with Gasteiger partial charge in [0.2, 0.25) is 0 Å². The van der Waals surface area contributed by atoms with Crippen LogP contribution in [0.3, 0.4) is 0 Å². The third-order valence-electron chi connectivity index (χ3n) is 4.42. The summed E-state index contributed by atoms with van der Waals surface area (Å²) in [6, 6.07) is 20.0. The number of benzene rings is 2. The molecule has 0 aliphatic carbocycles. The molecule has 28 heavy (non-hydrogen) atoms. The maximum atomic E-state index is 11.9. The topological polar surface area (TPSA) is 92.7 Å². The molecule has 6 nitrogen and oxygen atoms in total. The van der Waals surface area contributed by atoms with E-state index in [1.54, 1.807) is 0 Å². The standard InChI is InChI=1S/C20H18N4O2S2/c21-17(25)15-16(18(22)26)28-20(27-15)19-23(13-7-3-1-4-8-13)11-12-24(19)14-9-5-2-6-10-14/h1-10H,11-12H2,(H2,21,25)(H2,22,26). The van der Waals surface area contributed by atoms with E-state index in [9.17, 15) is 9.59 Å². The van der Waals surface area contributed by atoms with E-state index in [-0.39, 0.29) is 9.81 Å². The number of amides is 2. The van der Waals surface area contributed by atoms with Crippen LogP contribution in [0.1, 0.15) is 0 Å². The van der Waals surface area contributed by atoms with Crippen LogP contribution in [0.25, 0.3) is 0 Å². The zero-order valence-corrected chi connectivity index (χ0v) is 16.5. The van der Waals surface area contributed by atoms with Gasteiger partial charge in [0.05, 0.1) is 14.0 Å². The average molecular weight is 411 g/mol. The van der Waals surface area contributed by atoms with Crippen molar-refractivity contribution in [1.82, 2.24) is 0 Å². The zero-order valence-electron chi connectivity index (χ0n) is 14.9. The molecule has 2 aliphatic heterocycles. The first-order valence-electron chi connectivity index (χ1n) is 8.65. The number of hydrogen-bond acceptors (Lipinski definition) is 6. The van der Waals surface area contributed by atoms with E-state index in [0.29, 0.717) is 0 Å². The second-order valence-corrected chi connectivity index (χ2v) is 8.48. The van der Waals surface area contributed by atoms with Crippen LogP contribution >= 0.6 is 23.5 Å². The zero-order chi connectivity index (χ0) is 19.7. The summed E-state index contributed by atoms with van der Waals surface area (Å²) in [5.41, 5.74) is 13.1. The Morgan fingerprint density at radius 3 is 1.46 bits per heavy atom. The normalized spacial score (nSPS) is 16.9. The lowest BCUT2D eigenvalue weighted by Gasteiger charge is -2.26. The molecular weight excluding hydrogens is 392 g/mol. The summed E-state index contributed by atoms with van der Waals surface area (Å²) in [7, 11) is 0. The van der Waals surface area contributed by atoms with Gasteiger partial charge in [-0.05, 0) is 24.3 Å². The number of hydrogen-bond donors (Lipinski definition) is 2.